The molecule has 1 saturated heterocycles. The fourth-order valence-electron chi connectivity index (χ4n) is 2.48. The number of guanidine groups is 1. The zero-order valence-corrected chi connectivity index (χ0v) is 13.8. The Morgan fingerprint density at radius 2 is 1.90 bits per heavy atom. The van der Waals surface area contributed by atoms with Crippen molar-refractivity contribution in [3.63, 3.8) is 0 Å². The molecule has 1 heterocycles. The minimum absolute atomic E-state index is 0.175. The highest BCUT2D eigenvalue weighted by molar-refractivity contribution is 5.79. The summed E-state index contributed by atoms with van der Waals surface area (Å²) in [5.41, 5.74) is 0.175. The quantitative estimate of drug-likeness (QED) is 0.570. The van der Waals surface area contributed by atoms with Crippen LogP contribution in [0.3, 0.4) is 0 Å². The van der Waals surface area contributed by atoms with E-state index in [1.54, 1.807) is 0 Å². The van der Waals surface area contributed by atoms with Gasteiger partial charge in [0.1, 0.15) is 0 Å². The number of nitrogens with one attached hydrogen (secondary N) is 2. The number of hydrogen-bond acceptors (Lipinski definition) is 3. The Kier molecular flexibility index (Phi) is 7.30. The third kappa shape index (κ3) is 5.29. The third-order valence-corrected chi connectivity index (χ3v) is 4.19. The number of nitrogens with zero attached hydrogens (tertiary/aromatic N) is 2. The third-order valence-electron chi connectivity index (χ3n) is 4.19. The van der Waals surface area contributed by atoms with E-state index in [9.17, 15) is 0 Å². The molecule has 0 atom stereocenters. The van der Waals surface area contributed by atoms with E-state index in [0.29, 0.717) is 5.92 Å². The van der Waals surface area contributed by atoms with Crippen LogP contribution in [0.1, 0.15) is 33.1 Å². The lowest BCUT2D eigenvalue weighted by molar-refractivity contribution is -0.00501. The van der Waals surface area contributed by atoms with Crippen molar-refractivity contribution in [1.82, 2.24) is 15.5 Å². The van der Waals surface area contributed by atoms with Crippen molar-refractivity contribution in [3.8, 4) is 0 Å². The van der Waals surface area contributed by atoms with Crippen LogP contribution in [-0.4, -0.2) is 63.8 Å². The largest absolute Gasteiger partial charge is 0.381 e. The molecule has 5 heteroatoms. The summed E-state index contributed by atoms with van der Waals surface area (Å²) >= 11 is 0. The average molecular weight is 284 g/mol. The molecule has 118 valence electrons. The number of rotatable bonds is 6. The van der Waals surface area contributed by atoms with Gasteiger partial charge in [-0.15, -0.1) is 0 Å². The van der Waals surface area contributed by atoms with E-state index in [1.807, 2.05) is 7.05 Å². The zero-order chi connectivity index (χ0) is 15.0. The van der Waals surface area contributed by atoms with Crippen LogP contribution in [0.5, 0.6) is 0 Å². The molecule has 5 nitrogen and oxygen atoms in total. The van der Waals surface area contributed by atoms with Crippen LogP contribution in [0.4, 0.5) is 0 Å². The minimum atomic E-state index is 0.175. The molecule has 1 aliphatic rings. The fourth-order valence-corrected chi connectivity index (χ4v) is 2.48. The van der Waals surface area contributed by atoms with Crippen LogP contribution in [0.2, 0.25) is 0 Å². The van der Waals surface area contributed by atoms with Gasteiger partial charge in [0.05, 0.1) is 0 Å². The van der Waals surface area contributed by atoms with Crippen LogP contribution in [0.15, 0.2) is 4.99 Å². The van der Waals surface area contributed by atoms with E-state index in [2.05, 4.69) is 48.5 Å². The molecular weight excluding hydrogens is 252 g/mol. The van der Waals surface area contributed by atoms with Gasteiger partial charge in [-0.3, -0.25) is 4.99 Å². The Hall–Kier alpha value is -0.810. The Bertz CT molecular complexity index is 296. The summed E-state index contributed by atoms with van der Waals surface area (Å²) in [6, 6.07) is 0. The molecule has 0 saturated carbocycles. The summed E-state index contributed by atoms with van der Waals surface area (Å²) < 4.78 is 5.50. The monoisotopic (exact) mass is 284 g/mol. The van der Waals surface area contributed by atoms with Crippen molar-refractivity contribution in [3.05, 3.63) is 0 Å². The molecule has 0 unspecified atom stereocenters. The summed E-state index contributed by atoms with van der Waals surface area (Å²) in [5, 5.41) is 6.86. The molecule has 20 heavy (non-hydrogen) atoms. The maximum Gasteiger partial charge on any atom is 0.191 e. The summed E-state index contributed by atoms with van der Waals surface area (Å²) in [7, 11) is 6.14. The van der Waals surface area contributed by atoms with Gasteiger partial charge in [0.2, 0.25) is 0 Å². The van der Waals surface area contributed by atoms with Crippen LogP contribution in [-0.2, 0) is 4.74 Å². The van der Waals surface area contributed by atoms with Gasteiger partial charge in [-0.25, -0.2) is 0 Å². The normalized spacial score (nSPS) is 19.4. The van der Waals surface area contributed by atoms with E-state index in [0.717, 1.165) is 51.5 Å². The maximum atomic E-state index is 5.50. The molecule has 0 aromatic rings. The molecule has 0 spiro atoms. The molecule has 1 rings (SSSR count). The SMILES string of the molecule is CN=C(NCCC(C)C)NCC1(N(C)C)CCOCC1. The lowest BCUT2D eigenvalue weighted by atomic mass is 9.88. The lowest BCUT2D eigenvalue weighted by Crippen LogP contribution is -2.57. The second-order valence-corrected chi connectivity index (χ2v) is 6.27. The van der Waals surface area contributed by atoms with Gasteiger partial charge in [0.15, 0.2) is 5.96 Å². The van der Waals surface area contributed by atoms with E-state index in [4.69, 9.17) is 4.74 Å². The molecule has 1 fully saturated rings. The van der Waals surface area contributed by atoms with Gasteiger partial charge in [0.25, 0.3) is 0 Å². The summed E-state index contributed by atoms with van der Waals surface area (Å²) in [5.74, 6) is 1.61. The first-order valence-electron chi connectivity index (χ1n) is 7.70. The highest BCUT2D eigenvalue weighted by Crippen LogP contribution is 2.24. The standard InChI is InChI=1S/C15H32N4O/c1-13(2)6-9-17-14(16-3)18-12-15(19(4)5)7-10-20-11-8-15/h13H,6-12H2,1-5H3,(H2,16,17,18). The Labute approximate surface area is 124 Å². The topological polar surface area (TPSA) is 48.9 Å². The number of ether oxygens (including phenoxy) is 1. The smallest absolute Gasteiger partial charge is 0.191 e. The lowest BCUT2D eigenvalue weighted by Gasteiger charge is -2.43. The van der Waals surface area contributed by atoms with Crippen molar-refractivity contribution in [2.24, 2.45) is 10.9 Å². The molecule has 0 radical (unpaired) electrons. The molecule has 0 aliphatic carbocycles. The van der Waals surface area contributed by atoms with Gasteiger partial charge < -0.3 is 20.3 Å². The average Bonchev–Trinajstić information content (AvgIpc) is 2.43. The van der Waals surface area contributed by atoms with E-state index in [-0.39, 0.29) is 5.54 Å². The summed E-state index contributed by atoms with van der Waals surface area (Å²) in [4.78, 5) is 6.63. The molecule has 0 bridgehead atoms. The second kappa shape index (κ2) is 8.47. The predicted octanol–water partition coefficient (Wildman–Crippen LogP) is 1.31. The maximum absolute atomic E-state index is 5.50. The van der Waals surface area contributed by atoms with Crippen molar-refractivity contribution in [2.75, 3.05) is 47.4 Å². The van der Waals surface area contributed by atoms with E-state index >= 15 is 0 Å². The number of hydrogen-bond donors (Lipinski definition) is 2. The Balaban J connectivity index is 2.44. The van der Waals surface area contributed by atoms with E-state index < -0.39 is 0 Å². The molecule has 2 N–H and O–H groups in total. The highest BCUT2D eigenvalue weighted by atomic mass is 16.5. The molecule has 0 aromatic heterocycles. The van der Waals surface area contributed by atoms with Crippen LogP contribution < -0.4 is 10.6 Å². The number of likely N-dealkylation sites (N-methyl/N-ethyl adjacent to an activating group) is 1. The van der Waals surface area contributed by atoms with Crippen LogP contribution >= 0.6 is 0 Å². The van der Waals surface area contributed by atoms with Crippen molar-refractivity contribution in [2.45, 2.75) is 38.6 Å². The molecular formula is C15H32N4O. The first-order chi connectivity index (χ1) is 9.50. The van der Waals surface area contributed by atoms with Gasteiger partial charge in [-0.05, 0) is 39.3 Å². The van der Waals surface area contributed by atoms with Crippen molar-refractivity contribution >= 4 is 5.96 Å². The van der Waals surface area contributed by atoms with Gasteiger partial charge >= 0.3 is 0 Å². The predicted molar refractivity (Wildman–Crippen MR) is 85.3 cm³/mol. The van der Waals surface area contributed by atoms with Crippen molar-refractivity contribution in [1.29, 1.82) is 0 Å². The first kappa shape index (κ1) is 17.2. The molecule has 1 aliphatic heterocycles. The second-order valence-electron chi connectivity index (χ2n) is 6.27. The molecule has 0 aromatic carbocycles. The van der Waals surface area contributed by atoms with Crippen LogP contribution in [0, 0.1) is 5.92 Å². The Morgan fingerprint density at radius 1 is 1.25 bits per heavy atom. The van der Waals surface area contributed by atoms with Crippen molar-refractivity contribution < 1.29 is 4.74 Å². The minimum Gasteiger partial charge on any atom is -0.381 e. The highest BCUT2D eigenvalue weighted by Gasteiger charge is 2.34. The summed E-state index contributed by atoms with van der Waals surface area (Å²) in [6.45, 7) is 8.04. The summed E-state index contributed by atoms with van der Waals surface area (Å²) in [6.07, 6.45) is 3.29. The van der Waals surface area contributed by atoms with Gasteiger partial charge in [-0.2, -0.15) is 0 Å². The first-order valence-corrected chi connectivity index (χ1v) is 7.70. The zero-order valence-electron chi connectivity index (χ0n) is 13.8. The fraction of sp³-hybridized carbons (Fsp3) is 0.933. The Morgan fingerprint density at radius 3 is 2.40 bits per heavy atom. The van der Waals surface area contributed by atoms with E-state index in [1.165, 1.54) is 0 Å². The number of aliphatic imine (C=N–C) groups is 1. The molecule has 0 amide bonds. The van der Waals surface area contributed by atoms with Gasteiger partial charge in [0, 0.05) is 38.9 Å². The van der Waals surface area contributed by atoms with Crippen LogP contribution in [0.25, 0.3) is 0 Å². The van der Waals surface area contributed by atoms with Gasteiger partial charge in [-0.1, -0.05) is 13.8 Å².